The van der Waals surface area contributed by atoms with Crippen LogP contribution in [0.5, 0.6) is 5.75 Å². The molecule has 0 amide bonds. The molecule has 3 nitrogen and oxygen atoms in total. The first-order valence-corrected chi connectivity index (χ1v) is 13.7. The standard InChI is InChI=1S/C36H25NO2/c1-4-14-29-23(9-1)24-10-2-5-15-30(24)37(29)22-19-20-32-28(21-22)36-26(13-8-18-34(36)39-32)25-12-7-17-33-35(25)27-11-3-6-16-31(27)38-33/h1-7,9-12,14-21,33,35H,8,13H2. The van der Waals surface area contributed by atoms with Gasteiger partial charge in [-0.2, -0.15) is 0 Å². The summed E-state index contributed by atoms with van der Waals surface area (Å²) in [5.74, 6) is 1.21. The first kappa shape index (κ1) is 21.2. The van der Waals surface area contributed by atoms with E-state index in [0.29, 0.717) is 0 Å². The average Bonchev–Trinajstić information content (AvgIpc) is 3.66. The molecule has 0 radical (unpaired) electrons. The Balaban J connectivity index is 1.32. The van der Waals surface area contributed by atoms with Crippen molar-refractivity contribution in [1.29, 1.82) is 0 Å². The minimum atomic E-state index is 0.0376. The van der Waals surface area contributed by atoms with E-state index < -0.39 is 0 Å². The maximum Gasteiger partial charge on any atom is 0.135 e. The number of para-hydroxylation sites is 3. The first-order chi connectivity index (χ1) is 19.3. The number of hydrogen-bond donors (Lipinski definition) is 0. The summed E-state index contributed by atoms with van der Waals surface area (Å²) in [6, 6.07) is 32.5. The fraction of sp³-hybridized carbons (Fsp3) is 0.111. The van der Waals surface area contributed by atoms with Gasteiger partial charge in [-0.05, 0) is 72.5 Å². The fourth-order valence-corrected chi connectivity index (χ4v) is 7.05. The minimum absolute atomic E-state index is 0.0376. The van der Waals surface area contributed by atoms with Gasteiger partial charge in [0.05, 0.1) is 17.0 Å². The van der Waals surface area contributed by atoms with E-state index >= 15 is 0 Å². The second kappa shape index (κ2) is 7.87. The van der Waals surface area contributed by atoms with Crippen LogP contribution >= 0.6 is 0 Å². The van der Waals surface area contributed by atoms with Crippen molar-refractivity contribution >= 4 is 44.4 Å². The zero-order valence-electron chi connectivity index (χ0n) is 21.3. The lowest BCUT2D eigenvalue weighted by Gasteiger charge is -2.25. The van der Waals surface area contributed by atoms with Crippen molar-refractivity contribution < 1.29 is 9.15 Å². The van der Waals surface area contributed by atoms with Crippen LogP contribution in [0.1, 0.15) is 24.3 Å². The van der Waals surface area contributed by atoms with Crippen LogP contribution in [0.4, 0.5) is 0 Å². The highest BCUT2D eigenvalue weighted by Crippen LogP contribution is 2.47. The third-order valence-electron chi connectivity index (χ3n) is 8.67. The molecule has 2 unspecified atom stereocenters. The van der Waals surface area contributed by atoms with E-state index in [1.165, 1.54) is 49.1 Å². The molecule has 2 aromatic heterocycles. The largest absolute Gasteiger partial charge is 0.485 e. The molecule has 3 heterocycles. The number of furan rings is 1. The maximum absolute atomic E-state index is 6.48. The Morgan fingerprint density at radius 1 is 0.769 bits per heavy atom. The summed E-state index contributed by atoms with van der Waals surface area (Å²) in [5, 5.41) is 4.96. The lowest BCUT2D eigenvalue weighted by molar-refractivity contribution is 0.266. The van der Waals surface area contributed by atoms with Gasteiger partial charge in [-0.3, -0.25) is 0 Å². The SMILES string of the molecule is C1=CC2Oc3ccccc3C2C(C2=c3c(oc4ccc(-n5c6ccccc6c6ccccc65)cc34)=CCC2)=C1. The highest BCUT2D eigenvalue weighted by molar-refractivity contribution is 6.09. The third kappa shape index (κ3) is 2.93. The molecule has 3 heteroatoms. The van der Waals surface area contributed by atoms with Gasteiger partial charge in [-0.15, -0.1) is 0 Å². The summed E-state index contributed by atoms with van der Waals surface area (Å²) < 4.78 is 15.2. The van der Waals surface area contributed by atoms with Crippen molar-refractivity contribution in [3.05, 3.63) is 131 Å². The van der Waals surface area contributed by atoms with Crippen LogP contribution in [0.15, 0.2) is 119 Å². The Labute approximate surface area is 225 Å². The Morgan fingerprint density at radius 2 is 1.54 bits per heavy atom. The van der Waals surface area contributed by atoms with Gasteiger partial charge in [0.25, 0.3) is 0 Å². The molecule has 0 N–H and O–H groups in total. The van der Waals surface area contributed by atoms with Crippen LogP contribution in [0.2, 0.25) is 0 Å². The first-order valence-electron chi connectivity index (χ1n) is 13.7. The van der Waals surface area contributed by atoms with Gasteiger partial charge in [0, 0.05) is 32.6 Å². The van der Waals surface area contributed by atoms with Crippen LogP contribution in [-0.2, 0) is 0 Å². The van der Waals surface area contributed by atoms with E-state index in [2.05, 4.69) is 120 Å². The number of ether oxygens (including phenoxy) is 1. The van der Waals surface area contributed by atoms with Crippen molar-refractivity contribution in [3.8, 4) is 11.4 Å². The number of aromatic nitrogens is 1. The molecule has 9 rings (SSSR count). The number of benzene rings is 4. The van der Waals surface area contributed by atoms with Crippen molar-refractivity contribution in [1.82, 2.24) is 4.57 Å². The van der Waals surface area contributed by atoms with Gasteiger partial charge in [0.1, 0.15) is 22.9 Å². The predicted molar refractivity (Wildman–Crippen MR) is 158 cm³/mol. The smallest absolute Gasteiger partial charge is 0.135 e. The van der Waals surface area contributed by atoms with E-state index in [1.54, 1.807) is 0 Å². The molecule has 1 aliphatic heterocycles. The second-order valence-electron chi connectivity index (χ2n) is 10.7. The zero-order valence-corrected chi connectivity index (χ0v) is 21.3. The van der Waals surface area contributed by atoms with E-state index in [0.717, 1.165) is 35.3 Å². The molecule has 0 saturated carbocycles. The molecule has 0 fully saturated rings. The normalized spacial score (nSPS) is 19.5. The number of nitrogens with zero attached hydrogens (tertiary/aromatic N) is 1. The van der Waals surface area contributed by atoms with Gasteiger partial charge in [0.2, 0.25) is 0 Å². The highest BCUT2D eigenvalue weighted by Gasteiger charge is 2.38. The van der Waals surface area contributed by atoms with Gasteiger partial charge in [-0.1, -0.05) is 66.7 Å². The fourth-order valence-electron chi connectivity index (χ4n) is 7.05. The molecule has 2 atom stereocenters. The van der Waals surface area contributed by atoms with Gasteiger partial charge < -0.3 is 13.7 Å². The third-order valence-corrected chi connectivity index (χ3v) is 8.67. The van der Waals surface area contributed by atoms with Crippen LogP contribution in [0, 0.1) is 0 Å². The zero-order chi connectivity index (χ0) is 25.5. The molecule has 39 heavy (non-hydrogen) atoms. The van der Waals surface area contributed by atoms with E-state index in [4.69, 9.17) is 9.15 Å². The topological polar surface area (TPSA) is 27.3 Å². The van der Waals surface area contributed by atoms with E-state index in [9.17, 15) is 0 Å². The van der Waals surface area contributed by atoms with Crippen molar-refractivity contribution in [2.24, 2.45) is 0 Å². The molecule has 186 valence electrons. The number of allylic oxidation sites excluding steroid dienone is 2. The van der Waals surface area contributed by atoms with Gasteiger partial charge in [-0.25, -0.2) is 0 Å². The molecule has 3 aliphatic rings. The molecule has 0 bridgehead atoms. The lowest BCUT2D eigenvalue weighted by atomic mass is 9.78. The summed E-state index contributed by atoms with van der Waals surface area (Å²) >= 11 is 0. The van der Waals surface area contributed by atoms with Crippen molar-refractivity contribution in [3.63, 3.8) is 0 Å². The number of hydrogen-bond acceptors (Lipinski definition) is 2. The predicted octanol–water partition coefficient (Wildman–Crippen LogP) is 7.30. The summed E-state index contributed by atoms with van der Waals surface area (Å²) in [6.07, 6.45) is 10.9. The molecule has 0 spiro atoms. The second-order valence-corrected chi connectivity index (χ2v) is 10.7. The van der Waals surface area contributed by atoms with Gasteiger partial charge >= 0.3 is 0 Å². The molecule has 0 saturated heterocycles. The number of rotatable bonds is 2. The summed E-state index contributed by atoms with van der Waals surface area (Å²) in [7, 11) is 0. The Kier molecular flexibility index (Phi) is 4.28. The Morgan fingerprint density at radius 3 is 2.38 bits per heavy atom. The number of fused-ring (bicyclic) bond motifs is 9. The summed E-state index contributed by atoms with van der Waals surface area (Å²) in [4.78, 5) is 0. The molecular formula is C36H25NO2. The Hall–Kier alpha value is -4.76. The van der Waals surface area contributed by atoms with Crippen LogP contribution in [-0.4, -0.2) is 10.7 Å². The molecule has 4 aromatic carbocycles. The maximum atomic E-state index is 6.48. The van der Waals surface area contributed by atoms with Crippen LogP contribution in [0.3, 0.4) is 0 Å². The molecule has 6 aromatic rings. The molecular weight excluding hydrogens is 478 g/mol. The summed E-state index contributed by atoms with van der Waals surface area (Å²) in [6.45, 7) is 0. The molecule has 2 aliphatic carbocycles. The lowest BCUT2D eigenvalue weighted by Crippen LogP contribution is -2.30. The quantitative estimate of drug-likeness (QED) is 0.248. The highest BCUT2D eigenvalue weighted by atomic mass is 16.5. The van der Waals surface area contributed by atoms with Crippen LogP contribution < -0.4 is 15.4 Å². The van der Waals surface area contributed by atoms with E-state index in [1.807, 2.05) is 0 Å². The monoisotopic (exact) mass is 503 g/mol. The summed E-state index contributed by atoms with van der Waals surface area (Å²) in [5.41, 5.74) is 9.52. The minimum Gasteiger partial charge on any atom is -0.485 e. The van der Waals surface area contributed by atoms with Crippen molar-refractivity contribution in [2.45, 2.75) is 24.9 Å². The average molecular weight is 504 g/mol. The Bertz CT molecular complexity index is 2120. The van der Waals surface area contributed by atoms with Crippen LogP contribution in [0.25, 0.3) is 50.1 Å². The van der Waals surface area contributed by atoms with Gasteiger partial charge in [0.15, 0.2) is 0 Å². The van der Waals surface area contributed by atoms with E-state index in [-0.39, 0.29) is 12.0 Å². The van der Waals surface area contributed by atoms with Crippen molar-refractivity contribution in [2.75, 3.05) is 0 Å².